The molecule has 0 heterocycles. The highest BCUT2D eigenvalue weighted by Crippen LogP contribution is 2.26. The second-order valence-corrected chi connectivity index (χ2v) is 13.4. The summed E-state index contributed by atoms with van der Waals surface area (Å²) in [4.78, 5) is 38.2. The molecule has 1 rings (SSSR count). The molecule has 0 aliphatic carbocycles. The van der Waals surface area contributed by atoms with Gasteiger partial charge in [-0.2, -0.15) is 0 Å². The standard InChI is InChI=1S/C35H54N2O9S/c1-5-8-10-16-24-36-47(43,44)26-17-14-12-11-13-15-18-30(35(42,23-7-3)34(40)41)32(38)37-31(33(39)45-4)27-28-19-21-29(22-20-28)46-25-9-6-2/h15,18-22,30-31,36,42H,5,7-8,10-14,16-17,23-27H2,1-4H3,(H,37,38)(H,40,41)/p-1/b18-15+/t30-,31+,35+/m1/s1. The number of benzene rings is 1. The lowest BCUT2D eigenvalue weighted by atomic mass is 9.82. The Morgan fingerprint density at radius 1 is 1.02 bits per heavy atom. The van der Waals surface area contributed by atoms with Crippen LogP contribution in [0.3, 0.4) is 0 Å². The third-order valence-corrected chi connectivity index (χ3v) is 9.12. The molecule has 0 aliphatic rings. The number of hydrogen-bond donors (Lipinski definition) is 3. The summed E-state index contributed by atoms with van der Waals surface area (Å²) in [6, 6.07) is 5.70. The number of aliphatic carboxylic acids is 1. The fraction of sp³-hybridized carbons (Fsp3) is 0.629. The number of rotatable bonds is 25. The lowest BCUT2D eigenvalue weighted by Gasteiger charge is -2.35. The van der Waals surface area contributed by atoms with Crippen molar-refractivity contribution in [3.8, 4) is 17.6 Å². The quantitative estimate of drug-likeness (QED) is 0.0609. The van der Waals surface area contributed by atoms with Gasteiger partial charge in [-0.15, -0.1) is 5.92 Å². The van der Waals surface area contributed by atoms with Gasteiger partial charge >= 0.3 is 5.97 Å². The van der Waals surface area contributed by atoms with E-state index in [-0.39, 0.29) is 31.6 Å². The van der Waals surface area contributed by atoms with E-state index in [2.05, 4.69) is 28.8 Å². The summed E-state index contributed by atoms with van der Waals surface area (Å²) in [6.07, 6.45) is 10.1. The van der Waals surface area contributed by atoms with Gasteiger partial charge in [0, 0.05) is 13.0 Å². The monoisotopic (exact) mass is 677 g/mol. The van der Waals surface area contributed by atoms with Gasteiger partial charge in [-0.3, -0.25) is 4.79 Å². The van der Waals surface area contributed by atoms with Gasteiger partial charge in [0.05, 0.1) is 24.7 Å². The van der Waals surface area contributed by atoms with Crippen molar-refractivity contribution in [2.24, 2.45) is 5.92 Å². The molecule has 1 aromatic rings. The Labute approximate surface area is 280 Å². The van der Waals surface area contributed by atoms with Crippen LogP contribution in [-0.2, 0) is 35.6 Å². The zero-order chi connectivity index (χ0) is 35.1. The summed E-state index contributed by atoms with van der Waals surface area (Å²) in [5.41, 5.74) is -1.82. The van der Waals surface area contributed by atoms with E-state index in [0.29, 0.717) is 43.5 Å². The Balaban J connectivity index is 2.85. The highest BCUT2D eigenvalue weighted by Gasteiger charge is 2.41. The summed E-state index contributed by atoms with van der Waals surface area (Å²) in [7, 11) is -2.12. The summed E-state index contributed by atoms with van der Waals surface area (Å²) in [5, 5.41) is 25.8. The number of methoxy groups -OCH3 is 1. The van der Waals surface area contributed by atoms with Crippen molar-refractivity contribution < 1.29 is 42.5 Å². The van der Waals surface area contributed by atoms with Crippen molar-refractivity contribution in [1.29, 1.82) is 0 Å². The maximum atomic E-state index is 13.5. The minimum Gasteiger partial charge on any atom is -0.547 e. The molecular weight excluding hydrogens is 624 g/mol. The van der Waals surface area contributed by atoms with Crippen molar-refractivity contribution in [3.05, 3.63) is 42.0 Å². The Kier molecular flexibility index (Phi) is 20.4. The molecule has 1 amide bonds. The van der Waals surface area contributed by atoms with E-state index in [4.69, 9.17) is 9.47 Å². The zero-order valence-corrected chi connectivity index (χ0v) is 29.2. The molecule has 3 N–H and O–H groups in total. The fourth-order valence-electron chi connectivity index (χ4n) is 4.97. The van der Waals surface area contributed by atoms with E-state index < -0.39 is 45.4 Å². The zero-order valence-electron chi connectivity index (χ0n) is 28.3. The van der Waals surface area contributed by atoms with Crippen LogP contribution in [0.5, 0.6) is 5.75 Å². The molecule has 0 saturated heterocycles. The number of allylic oxidation sites excluding steroid dienone is 1. The van der Waals surface area contributed by atoms with E-state index in [1.807, 2.05) is 0 Å². The lowest BCUT2D eigenvalue weighted by Crippen LogP contribution is -2.58. The number of esters is 1. The van der Waals surface area contributed by atoms with Gasteiger partial charge in [0.15, 0.2) is 0 Å². The van der Waals surface area contributed by atoms with Crippen molar-refractivity contribution in [2.45, 2.75) is 109 Å². The molecule has 0 bridgehead atoms. The van der Waals surface area contributed by atoms with Gasteiger partial charge in [0.1, 0.15) is 24.0 Å². The van der Waals surface area contributed by atoms with Crippen molar-refractivity contribution >= 4 is 27.9 Å². The molecule has 47 heavy (non-hydrogen) atoms. The van der Waals surface area contributed by atoms with Gasteiger partial charge < -0.3 is 29.8 Å². The minimum atomic E-state index is -3.30. The number of nitrogens with one attached hydrogen (secondary N) is 2. The molecule has 0 aromatic heterocycles. The molecule has 0 saturated carbocycles. The predicted octanol–water partition coefficient (Wildman–Crippen LogP) is 3.19. The third-order valence-electron chi connectivity index (χ3n) is 7.65. The van der Waals surface area contributed by atoms with Crippen LogP contribution in [0, 0.1) is 17.8 Å². The number of unbranched alkanes of at least 4 members (excludes halogenated alkanes) is 7. The number of ether oxygens (including phenoxy) is 2. The average Bonchev–Trinajstić information content (AvgIpc) is 3.04. The van der Waals surface area contributed by atoms with Crippen LogP contribution < -0.4 is 19.9 Å². The number of amides is 1. The number of hydrogen-bond acceptors (Lipinski definition) is 9. The van der Waals surface area contributed by atoms with Gasteiger partial charge in [-0.1, -0.05) is 82.6 Å². The number of sulfonamides is 1. The molecule has 1 aromatic carbocycles. The molecule has 264 valence electrons. The van der Waals surface area contributed by atoms with Gasteiger partial charge in [-0.25, -0.2) is 17.9 Å². The number of carboxylic acid groups (broad SMARTS) is 1. The molecule has 0 radical (unpaired) electrons. The Bertz CT molecular complexity index is 1290. The summed E-state index contributed by atoms with van der Waals surface area (Å²) in [5.74, 6) is 1.25. The van der Waals surface area contributed by atoms with E-state index >= 15 is 0 Å². The van der Waals surface area contributed by atoms with E-state index in [1.165, 1.54) is 13.2 Å². The molecule has 0 spiro atoms. The van der Waals surface area contributed by atoms with E-state index in [1.54, 1.807) is 44.2 Å². The van der Waals surface area contributed by atoms with Crippen molar-refractivity contribution in [1.82, 2.24) is 10.0 Å². The molecule has 0 fully saturated rings. The largest absolute Gasteiger partial charge is 0.547 e. The van der Waals surface area contributed by atoms with Crippen molar-refractivity contribution in [3.63, 3.8) is 0 Å². The molecule has 0 unspecified atom stereocenters. The Morgan fingerprint density at radius 3 is 2.32 bits per heavy atom. The third kappa shape index (κ3) is 16.3. The average molecular weight is 678 g/mol. The van der Waals surface area contributed by atoms with Crippen LogP contribution in [0.25, 0.3) is 0 Å². The first kappa shape index (κ1) is 41.6. The summed E-state index contributed by atoms with van der Waals surface area (Å²) >= 11 is 0. The molecular formula is C35H53N2O9S-. The molecule has 3 atom stereocenters. The second kappa shape index (κ2) is 23.0. The molecule has 0 aliphatic heterocycles. The first-order chi connectivity index (χ1) is 22.4. The predicted molar refractivity (Wildman–Crippen MR) is 180 cm³/mol. The molecule has 12 heteroatoms. The van der Waals surface area contributed by atoms with Crippen LogP contribution in [-0.4, -0.2) is 69.0 Å². The van der Waals surface area contributed by atoms with Gasteiger partial charge in [0.2, 0.25) is 15.9 Å². The first-order valence-corrected chi connectivity index (χ1v) is 18.2. The number of carbonyl (C=O) groups excluding carboxylic acids is 3. The maximum absolute atomic E-state index is 13.5. The normalized spacial score (nSPS) is 14.0. The van der Waals surface area contributed by atoms with Gasteiger partial charge in [-0.05, 0) is 56.7 Å². The van der Waals surface area contributed by atoms with Gasteiger partial charge in [0.25, 0.3) is 0 Å². The minimum absolute atomic E-state index is 0.0471. The highest BCUT2D eigenvalue weighted by atomic mass is 32.2. The fourth-order valence-corrected chi connectivity index (χ4v) is 6.15. The lowest BCUT2D eigenvalue weighted by molar-refractivity contribution is -0.327. The van der Waals surface area contributed by atoms with Crippen molar-refractivity contribution in [2.75, 3.05) is 26.0 Å². The first-order valence-electron chi connectivity index (χ1n) is 16.5. The number of aliphatic hydroxyl groups is 1. The van der Waals surface area contributed by atoms with Crippen LogP contribution in [0.1, 0.15) is 97.0 Å². The Morgan fingerprint density at radius 2 is 1.70 bits per heavy atom. The highest BCUT2D eigenvalue weighted by molar-refractivity contribution is 7.89. The van der Waals surface area contributed by atoms with Crippen LogP contribution in [0.4, 0.5) is 0 Å². The van der Waals surface area contributed by atoms with Crippen LogP contribution in [0.15, 0.2) is 36.4 Å². The molecule has 11 nitrogen and oxygen atoms in total. The van der Waals surface area contributed by atoms with Crippen LogP contribution >= 0.6 is 0 Å². The van der Waals surface area contributed by atoms with Crippen LogP contribution in [0.2, 0.25) is 0 Å². The van der Waals surface area contributed by atoms with E-state index in [0.717, 1.165) is 32.1 Å². The SMILES string of the molecule is CC#CCOc1ccc(C[C@H](NC(=O)[C@@H](/C=C/CCCCCCS(=O)(=O)NCCCCCC)[C@@](O)(CCC)C(=O)[O-])C(=O)OC)cc1. The summed E-state index contributed by atoms with van der Waals surface area (Å²) < 4.78 is 37.4. The number of carbonyl (C=O) groups is 3. The smallest absolute Gasteiger partial charge is 0.328 e. The number of carboxylic acids is 1. The van der Waals surface area contributed by atoms with E-state index in [9.17, 15) is 33.0 Å². The summed E-state index contributed by atoms with van der Waals surface area (Å²) in [6.45, 7) is 6.17. The second-order valence-electron chi connectivity index (χ2n) is 11.5. The topological polar surface area (TPSA) is 171 Å². The Hall–Kier alpha value is -3.40. The maximum Gasteiger partial charge on any atom is 0.328 e.